The van der Waals surface area contributed by atoms with Gasteiger partial charge in [-0.15, -0.1) is 11.3 Å². The third kappa shape index (κ3) is 2.78. The van der Waals surface area contributed by atoms with Gasteiger partial charge in [0.2, 0.25) is 10.0 Å². The fourth-order valence-corrected chi connectivity index (χ4v) is 4.64. The molecule has 0 saturated heterocycles. The van der Waals surface area contributed by atoms with Crippen LogP contribution in [0.15, 0.2) is 34.7 Å². The minimum absolute atomic E-state index is 0.00603. The minimum Gasteiger partial charge on any atom is -0.395 e. The molecule has 0 unspecified atom stereocenters. The first-order valence-electron chi connectivity index (χ1n) is 6.66. The van der Waals surface area contributed by atoms with Crippen LogP contribution < -0.4 is 4.72 Å². The lowest BCUT2D eigenvalue weighted by Gasteiger charge is -2.02. The van der Waals surface area contributed by atoms with Crippen LogP contribution in [0, 0.1) is 6.92 Å². The van der Waals surface area contributed by atoms with Gasteiger partial charge in [-0.25, -0.2) is 18.1 Å². The first-order valence-corrected chi connectivity index (χ1v) is 8.96. The Morgan fingerprint density at radius 3 is 2.95 bits per heavy atom. The van der Waals surface area contributed by atoms with Crippen molar-refractivity contribution in [2.75, 3.05) is 13.2 Å². The molecule has 3 N–H and O–H groups in total. The monoisotopic (exact) mass is 337 g/mol. The van der Waals surface area contributed by atoms with E-state index in [4.69, 9.17) is 5.11 Å². The summed E-state index contributed by atoms with van der Waals surface area (Å²) >= 11 is 1.19. The number of sulfonamides is 1. The molecule has 0 radical (unpaired) electrons. The topological polar surface area (TPSA) is 95.1 Å². The van der Waals surface area contributed by atoms with Crippen LogP contribution in [0.5, 0.6) is 0 Å². The summed E-state index contributed by atoms with van der Waals surface area (Å²) in [4.78, 5) is 8.30. The molecule has 3 aromatic heterocycles. The summed E-state index contributed by atoms with van der Waals surface area (Å²) in [7, 11) is -3.57. The molecular weight excluding hydrogens is 322 g/mol. The van der Waals surface area contributed by atoms with Gasteiger partial charge in [-0.2, -0.15) is 0 Å². The molecule has 22 heavy (non-hydrogen) atoms. The smallest absolute Gasteiger partial charge is 0.250 e. The van der Waals surface area contributed by atoms with Crippen LogP contribution in [-0.4, -0.2) is 36.6 Å². The number of pyridine rings is 1. The lowest BCUT2D eigenvalue weighted by molar-refractivity contribution is 0.301. The SMILES string of the molecule is Cc1cc2c(-c3ccc(S(=O)(=O)NCCO)s3)ccnc2[nH]1. The standard InChI is InChI=1S/C14H15N3O3S2/c1-9-8-11-10(4-5-15-14(11)17-9)12-2-3-13(21-12)22(19,20)16-6-7-18/h2-5,8,16,18H,6-7H2,1H3,(H,15,17). The van der Waals surface area contributed by atoms with Gasteiger partial charge in [0.1, 0.15) is 9.86 Å². The molecule has 3 heterocycles. The first-order chi connectivity index (χ1) is 10.5. The van der Waals surface area contributed by atoms with E-state index in [2.05, 4.69) is 14.7 Å². The second-order valence-electron chi connectivity index (χ2n) is 4.81. The van der Waals surface area contributed by atoms with Crippen molar-refractivity contribution in [3.05, 3.63) is 36.2 Å². The van der Waals surface area contributed by atoms with E-state index >= 15 is 0 Å². The number of nitrogens with one attached hydrogen (secondary N) is 2. The molecular formula is C14H15N3O3S2. The molecule has 0 aromatic carbocycles. The molecule has 0 amide bonds. The summed E-state index contributed by atoms with van der Waals surface area (Å²) in [5.41, 5.74) is 2.73. The van der Waals surface area contributed by atoms with Crippen LogP contribution >= 0.6 is 11.3 Å². The highest BCUT2D eigenvalue weighted by atomic mass is 32.2. The maximum Gasteiger partial charge on any atom is 0.250 e. The number of aliphatic hydroxyl groups is 1. The fourth-order valence-electron chi connectivity index (χ4n) is 2.23. The van der Waals surface area contributed by atoms with Gasteiger partial charge in [0.15, 0.2) is 0 Å². The summed E-state index contributed by atoms with van der Waals surface area (Å²) in [6.45, 7) is 1.73. The van der Waals surface area contributed by atoms with Crippen molar-refractivity contribution in [1.29, 1.82) is 0 Å². The Kier molecular flexibility index (Phi) is 4.00. The number of hydrogen-bond acceptors (Lipinski definition) is 5. The number of aromatic amines is 1. The minimum atomic E-state index is -3.57. The number of aromatic nitrogens is 2. The molecule has 116 valence electrons. The van der Waals surface area contributed by atoms with E-state index in [9.17, 15) is 8.42 Å². The van der Waals surface area contributed by atoms with Crippen molar-refractivity contribution in [1.82, 2.24) is 14.7 Å². The maximum atomic E-state index is 12.1. The van der Waals surface area contributed by atoms with Gasteiger partial charge in [0, 0.05) is 34.3 Å². The highest BCUT2D eigenvalue weighted by Gasteiger charge is 2.17. The quantitative estimate of drug-likeness (QED) is 0.662. The molecule has 3 rings (SSSR count). The Hall–Kier alpha value is -1.74. The summed E-state index contributed by atoms with van der Waals surface area (Å²) in [6.07, 6.45) is 1.70. The van der Waals surface area contributed by atoms with Crippen LogP contribution in [0.25, 0.3) is 21.5 Å². The predicted molar refractivity (Wildman–Crippen MR) is 86.4 cm³/mol. The molecule has 6 nitrogen and oxygen atoms in total. The second-order valence-corrected chi connectivity index (χ2v) is 7.89. The Bertz CT molecular complexity index is 912. The van der Waals surface area contributed by atoms with Gasteiger partial charge in [0.05, 0.1) is 6.61 Å². The number of nitrogens with zero attached hydrogens (tertiary/aromatic N) is 1. The predicted octanol–water partition coefficient (Wildman–Crippen LogP) is 1.87. The van der Waals surface area contributed by atoms with E-state index in [0.717, 1.165) is 27.2 Å². The van der Waals surface area contributed by atoms with Crippen LogP contribution in [0.1, 0.15) is 5.69 Å². The number of fused-ring (bicyclic) bond motifs is 1. The summed E-state index contributed by atoms with van der Waals surface area (Å²) in [5.74, 6) is 0. The third-order valence-corrected chi connectivity index (χ3v) is 6.25. The van der Waals surface area contributed by atoms with Gasteiger partial charge in [-0.3, -0.25) is 0 Å². The largest absolute Gasteiger partial charge is 0.395 e. The van der Waals surface area contributed by atoms with E-state index < -0.39 is 10.0 Å². The average molecular weight is 337 g/mol. The third-order valence-electron chi connectivity index (χ3n) is 3.18. The molecule has 0 saturated carbocycles. The molecule has 0 atom stereocenters. The zero-order valence-electron chi connectivity index (χ0n) is 11.8. The normalized spacial score (nSPS) is 12.1. The van der Waals surface area contributed by atoms with Gasteiger partial charge in [0.25, 0.3) is 0 Å². The Morgan fingerprint density at radius 1 is 1.36 bits per heavy atom. The van der Waals surface area contributed by atoms with Gasteiger partial charge in [-0.05, 0) is 31.2 Å². The van der Waals surface area contributed by atoms with Crippen LogP contribution in [0.2, 0.25) is 0 Å². The van der Waals surface area contributed by atoms with E-state index in [1.165, 1.54) is 11.3 Å². The van der Waals surface area contributed by atoms with Crippen molar-refractivity contribution >= 4 is 32.4 Å². The number of H-pyrrole nitrogens is 1. The van der Waals surface area contributed by atoms with Crippen LogP contribution in [-0.2, 0) is 10.0 Å². The highest BCUT2D eigenvalue weighted by Crippen LogP contribution is 2.34. The van der Waals surface area contributed by atoms with E-state index in [-0.39, 0.29) is 17.4 Å². The van der Waals surface area contributed by atoms with E-state index in [1.807, 2.05) is 19.1 Å². The lowest BCUT2D eigenvalue weighted by Crippen LogP contribution is -2.25. The first kappa shape index (κ1) is 15.2. The van der Waals surface area contributed by atoms with Crippen LogP contribution in [0.3, 0.4) is 0 Å². The number of rotatable bonds is 5. The van der Waals surface area contributed by atoms with Crippen molar-refractivity contribution in [3.63, 3.8) is 0 Å². The lowest BCUT2D eigenvalue weighted by atomic mass is 10.1. The highest BCUT2D eigenvalue weighted by molar-refractivity contribution is 7.91. The molecule has 0 aliphatic heterocycles. The average Bonchev–Trinajstić information content (AvgIpc) is 3.10. The zero-order valence-corrected chi connectivity index (χ0v) is 13.5. The number of thiophene rings is 1. The van der Waals surface area contributed by atoms with E-state index in [1.54, 1.807) is 18.3 Å². The summed E-state index contributed by atoms with van der Waals surface area (Å²) < 4.78 is 26.7. The van der Waals surface area contributed by atoms with Crippen molar-refractivity contribution < 1.29 is 13.5 Å². The van der Waals surface area contributed by atoms with Crippen LogP contribution in [0.4, 0.5) is 0 Å². The molecule has 0 aliphatic rings. The number of aliphatic hydroxyl groups excluding tert-OH is 1. The van der Waals surface area contributed by atoms with Crippen molar-refractivity contribution in [2.24, 2.45) is 0 Å². The molecule has 8 heteroatoms. The molecule has 3 aromatic rings. The molecule has 0 spiro atoms. The van der Waals surface area contributed by atoms with Gasteiger partial charge >= 0.3 is 0 Å². The van der Waals surface area contributed by atoms with Gasteiger partial charge < -0.3 is 10.1 Å². The Labute approximate surface area is 131 Å². The fraction of sp³-hybridized carbons (Fsp3) is 0.214. The van der Waals surface area contributed by atoms with Gasteiger partial charge in [-0.1, -0.05) is 0 Å². The van der Waals surface area contributed by atoms with E-state index in [0.29, 0.717) is 0 Å². The van der Waals surface area contributed by atoms with Crippen molar-refractivity contribution in [2.45, 2.75) is 11.1 Å². The molecule has 0 bridgehead atoms. The summed E-state index contributed by atoms with van der Waals surface area (Å²) in [5, 5.41) is 9.71. The Balaban J connectivity index is 2.03. The summed E-state index contributed by atoms with van der Waals surface area (Å²) in [6, 6.07) is 7.23. The molecule has 0 fully saturated rings. The Morgan fingerprint density at radius 2 is 2.18 bits per heavy atom. The number of hydrogen-bond donors (Lipinski definition) is 3. The van der Waals surface area contributed by atoms with Crippen molar-refractivity contribution in [3.8, 4) is 10.4 Å². The maximum absolute atomic E-state index is 12.1. The number of aryl methyl sites for hydroxylation is 1. The second kappa shape index (κ2) is 5.81. The zero-order chi connectivity index (χ0) is 15.7. The molecule has 0 aliphatic carbocycles.